The number of rotatable bonds is 6. The third kappa shape index (κ3) is 4.94. The van der Waals surface area contributed by atoms with Crippen LogP contribution in [0.25, 0.3) is 0 Å². The molecule has 0 spiro atoms. The van der Waals surface area contributed by atoms with E-state index in [1.807, 2.05) is 31.2 Å². The number of carboxylic acids is 1. The van der Waals surface area contributed by atoms with Crippen LogP contribution in [0.2, 0.25) is 0 Å². The van der Waals surface area contributed by atoms with Crippen LogP contribution in [-0.2, 0) is 4.79 Å². The van der Waals surface area contributed by atoms with Gasteiger partial charge in [-0.3, -0.25) is 4.99 Å². The molecule has 2 rings (SSSR count). The van der Waals surface area contributed by atoms with Crippen molar-refractivity contribution in [2.24, 2.45) is 4.99 Å². The Labute approximate surface area is 162 Å². The van der Waals surface area contributed by atoms with Crippen molar-refractivity contribution in [2.45, 2.75) is 6.92 Å². The Morgan fingerprint density at radius 1 is 1.38 bits per heavy atom. The largest absolute Gasteiger partial charge is 0.493 e. The predicted molar refractivity (Wildman–Crippen MR) is 105 cm³/mol. The number of hydrogen-bond donors (Lipinski definition) is 1. The van der Waals surface area contributed by atoms with Gasteiger partial charge in [0.05, 0.1) is 16.4 Å². The highest BCUT2D eigenvalue weighted by Crippen LogP contribution is 2.34. The second kappa shape index (κ2) is 8.48. The summed E-state index contributed by atoms with van der Waals surface area (Å²) in [7, 11) is 1.51. The lowest BCUT2D eigenvalue weighted by molar-refractivity contribution is -0.139. The molecule has 0 radical (unpaired) electrons. The van der Waals surface area contributed by atoms with E-state index >= 15 is 0 Å². The van der Waals surface area contributed by atoms with Crippen LogP contribution < -0.4 is 9.47 Å². The Kier molecular flexibility index (Phi) is 6.61. The van der Waals surface area contributed by atoms with Crippen LogP contribution in [-0.4, -0.2) is 31.0 Å². The van der Waals surface area contributed by atoms with E-state index in [2.05, 4.69) is 43.5 Å². The van der Waals surface area contributed by atoms with Gasteiger partial charge < -0.3 is 14.6 Å². The molecule has 0 saturated heterocycles. The number of carboxylic acid groups (broad SMARTS) is 1. The molecule has 0 saturated carbocycles. The normalized spacial score (nSPS) is 10.8. The number of aliphatic imine (C=N–C) groups is 1. The summed E-state index contributed by atoms with van der Waals surface area (Å²) in [6.45, 7) is 1.59. The van der Waals surface area contributed by atoms with Crippen LogP contribution >= 0.6 is 38.5 Å². The van der Waals surface area contributed by atoms with E-state index in [0.717, 1.165) is 24.9 Å². The molecular formula is C17H15BrINO4. The van der Waals surface area contributed by atoms with Gasteiger partial charge in [0.15, 0.2) is 18.1 Å². The minimum absolute atomic E-state index is 0.411. The lowest BCUT2D eigenvalue weighted by atomic mass is 10.2. The van der Waals surface area contributed by atoms with Crippen LogP contribution in [0.1, 0.15) is 11.1 Å². The van der Waals surface area contributed by atoms with Crippen molar-refractivity contribution < 1.29 is 19.4 Å². The highest BCUT2D eigenvalue weighted by Gasteiger charge is 2.12. The Balaban J connectivity index is 2.29. The first kappa shape index (κ1) is 18.7. The van der Waals surface area contributed by atoms with Crippen molar-refractivity contribution in [1.29, 1.82) is 0 Å². The molecule has 24 heavy (non-hydrogen) atoms. The molecule has 0 bridgehead atoms. The standard InChI is InChI=1S/C17H15BrINO4/c1-10-3-4-14(12(18)5-10)20-8-11-6-13(19)17(15(7-11)23-2)24-9-16(21)22/h3-8H,9H2,1-2H3,(H,21,22). The zero-order valence-corrected chi connectivity index (χ0v) is 16.8. The number of ether oxygens (including phenoxy) is 2. The summed E-state index contributed by atoms with van der Waals surface area (Å²) in [6.07, 6.45) is 1.72. The second-order valence-electron chi connectivity index (χ2n) is 4.93. The van der Waals surface area contributed by atoms with Crippen molar-refractivity contribution in [2.75, 3.05) is 13.7 Å². The summed E-state index contributed by atoms with van der Waals surface area (Å²) in [5.74, 6) is -0.163. The van der Waals surface area contributed by atoms with E-state index in [0.29, 0.717) is 11.5 Å². The van der Waals surface area contributed by atoms with E-state index in [1.54, 1.807) is 12.3 Å². The monoisotopic (exact) mass is 503 g/mol. The number of nitrogens with zero attached hydrogens (tertiary/aromatic N) is 1. The van der Waals surface area contributed by atoms with Gasteiger partial charge in [-0.1, -0.05) is 6.07 Å². The number of methoxy groups -OCH3 is 1. The third-order valence-electron chi connectivity index (χ3n) is 3.05. The molecule has 0 atom stereocenters. The molecule has 0 aliphatic rings. The number of aliphatic carboxylic acids is 1. The fourth-order valence-corrected chi connectivity index (χ4v) is 3.33. The fourth-order valence-electron chi connectivity index (χ4n) is 1.95. The van der Waals surface area contributed by atoms with Crippen LogP contribution in [0.5, 0.6) is 11.5 Å². The molecule has 2 aromatic rings. The molecule has 0 aromatic heterocycles. The van der Waals surface area contributed by atoms with Gasteiger partial charge in [-0.15, -0.1) is 0 Å². The molecule has 2 aromatic carbocycles. The Hall–Kier alpha value is -1.61. The summed E-state index contributed by atoms with van der Waals surface area (Å²) in [5, 5.41) is 8.75. The third-order valence-corrected chi connectivity index (χ3v) is 4.48. The highest BCUT2D eigenvalue weighted by atomic mass is 127. The van der Waals surface area contributed by atoms with Crippen molar-refractivity contribution in [3.05, 3.63) is 49.5 Å². The van der Waals surface area contributed by atoms with Crippen molar-refractivity contribution >= 4 is 56.4 Å². The molecule has 0 aliphatic heterocycles. The van der Waals surface area contributed by atoms with Gasteiger partial charge in [0.25, 0.3) is 0 Å². The maximum Gasteiger partial charge on any atom is 0.341 e. The first-order valence-corrected chi connectivity index (χ1v) is 8.80. The van der Waals surface area contributed by atoms with E-state index < -0.39 is 12.6 Å². The molecular weight excluding hydrogens is 489 g/mol. The predicted octanol–water partition coefficient (Wildman–Crippen LogP) is 4.58. The Morgan fingerprint density at radius 2 is 2.12 bits per heavy atom. The van der Waals surface area contributed by atoms with Crippen molar-refractivity contribution in [1.82, 2.24) is 0 Å². The maximum absolute atomic E-state index is 10.7. The summed E-state index contributed by atoms with van der Waals surface area (Å²) < 4.78 is 12.2. The van der Waals surface area contributed by atoms with Crippen LogP contribution in [0.15, 0.2) is 39.8 Å². The first-order chi connectivity index (χ1) is 11.4. The molecule has 1 N–H and O–H groups in total. The topological polar surface area (TPSA) is 68.1 Å². The first-order valence-electron chi connectivity index (χ1n) is 6.93. The average molecular weight is 504 g/mol. The molecule has 0 heterocycles. The fraction of sp³-hybridized carbons (Fsp3) is 0.176. The lowest BCUT2D eigenvalue weighted by Gasteiger charge is -2.12. The van der Waals surface area contributed by atoms with Gasteiger partial charge in [-0.25, -0.2) is 4.79 Å². The van der Waals surface area contributed by atoms with Gasteiger partial charge in [0, 0.05) is 10.7 Å². The number of halogens is 2. The molecule has 0 unspecified atom stereocenters. The van der Waals surface area contributed by atoms with Gasteiger partial charge in [-0.05, 0) is 80.8 Å². The number of hydrogen-bond acceptors (Lipinski definition) is 4. The Bertz CT molecular complexity index is 792. The quantitative estimate of drug-likeness (QED) is 0.462. The number of carbonyl (C=O) groups is 1. The molecule has 0 fully saturated rings. The Morgan fingerprint density at radius 3 is 2.75 bits per heavy atom. The minimum Gasteiger partial charge on any atom is -0.493 e. The smallest absolute Gasteiger partial charge is 0.341 e. The zero-order valence-electron chi connectivity index (χ0n) is 13.0. The molecule has 5 nitrogen and oxygen atoms in total. The number of benzene rings is 2. The van der Waals surface area contributed by atoms with Crippen LogP contribution in [0.4, 0.5) is 5.69 Å². The summed E-state index contributed by atoms with van der Waals surface area (Å²) in [4.78, 5) is 15.1. The van der Waals surface area contributed by atoms with Crippen molar-refractivity contribution in [3.63, 3.8) is 0 Å². The molecule has 0 amide bonds. The summed E-state index contributed by atoms with van der Waals surface area (Å²) in [5.41, 5.74) is 2.80. The van der Waals surface area contributed by atoms with E-state index in [1.165, 1.54) is 7.11 Å². The number of aryl methyl sites for hydroxylation is 1. The molecule has 126 valence electrons. The van der Waals surface area contributed by atoms with Crippen LogP contribution in [0.3, 0.4) is 0 Å². The van der Waals surface area contributed by atoms with Crippen molar-refractivity contribution in [3.8, 4) is 11.5 Å². The highest BCUT2D eigenvalue weighted by molar-refractivity contribution is 14.1. The SMILES string of the molecule is COc1cc(C=Nc2ccc(C)cc2Br)cc(I)c1OCC(=O)O. The van der Waals surface area contributed by atoms with Gasteiger partial charge >= 0.3 is 5.97 Å². The van der Waals surface area contributed by atoms with E-state index in [4.69, 9.17) is 14.6 Å². The van der Waals surface area contributed by atoms with Crippen LogP contribution in [0, 0.1) is 10.5 Å². The summed E-state index contributed by atoms with van der Waals surface area (Å²) in [6, 6.07) is 9.53. The maximum atomic E-state index is 10.7. The van der Waals surface area contributed by atoms with Gasteiger partial charge in [0.1, 0.15) is 0 Å². The molecule has 0 aliphatic carbocycles. The zero-order chi connectivity index (χ0) is 17.7. The van der Waals surface area contributed by atoms with E-state index in [-0.39, 0.29) is 0 Å². The minimum atomic E-state index is -1.04. The molecule has 7 heteroatoms. The van der Waals surface area contributed by atoms with Gasteiger partial charge in [-0.2, -0.15) is 0 Å². The second-order valence-corrected chi connectivity index (χ2v) is 6.95. The average Bonchev–Trinajstić information content (AvgIpc) is 2.52. The van der Waals surface area contributed by atoms with Gasteiger partial charge in [0.2, 0.25) is 0 Å². The lowest BCUT2D eigenvalue weighted by Crippen LogP contribution is -2.11. The summed E-state index contributed by atoms with van der Waals surface area (Å²) >= 11 is 5.57. The van der Waals surface area contributed by atoms with E-state index in [9.17, 15) is 4.79 Å².